The van der Waals surface area contributed by atoms with Crippen LogP contribution in [0.4, 0.5) is 0 Å². The Hall–Kier alpha value is -1.10. The number of hydrogen-bond donors (Lipinski definition) is 2. The van der Waals surface area contributed by atoms with Gasteiger partial charge in [-0.1, -0.05) is 0 Å². The molecule has 0 aliphatic carbocycles. The molecule has 3 N–H and O–H groups in total. The van der Waals surface area contributed by atoms with Crippen molar-refractivity contribution in [1.82, 2.24) is 10.2 Å². The van der Waals surface area contributed by atoms with Crippen LogP contribution in [0.15, 0.2) is 0 Å². The molecule has 0 aromatic carbocycles. The predicted octanol–water partition coefficient (Wildman–Crippen LogP) is -0.148. The van der Waals surface area contributed by atoms with Crippen molar-refractivity contribution in [2.45, 2.75) is 38.1 Å². The Labute approximate surface area is 102 Å². The Morgan fingerprint density at radius 3 is 2.65 bits per heavy atom. The zero-order valence-corrected chi connectivity index (χ0v) is 10.2. The Balaban J connectivity index is 2.02. The summed E-state index contributed by atoms with van der Waals surface area (Å²) < 4.78 is 0. The SMILES string of the molecule is NC(=O)C1CCCCN1C(=O)C1CCCNC1. The maximum Gasteiger partial charge on any atom is 0.240 e. The zero-order valence-electron chi connectivity index (χ0n) is 10.2. The van der Waals surface area contributed by atoms with Crippen molar-refractivity contribution < 1.29 is 9.59 Å². The van der Waals surface area contributed by atoms with Crippen LogP contribution in [0.5, 0.6) is 0 Å². The lowest BCUT2D eigenvalue weighted by molar-refractivity contribution is -0.144. The zero-order chi connectivity index (χ0) is 12.3. The second kappa shape index (κ2) is 5.49. The van der Waals surface area contributed by atoms with Crippen LogP contribution in [-0.2, 0) is 9.59 Å². The van der Waals surface area contributed by atoms with Crippen molar-refractivity contribution in [3.63, 3.8) is 0 Å². The van der Waals surface area contributed by atoms with E-state index in [1.165, 1.54) is 0 Å². The van der Waals surface area contributed by atoms with Gasteiger partial charge >= 0.3 is 0 Å². The van der Waals surface area contributed by atoms with E-state index in [1.54, 1.807) is 4.90 Å². The summed E-state index contributed by atoms with van der Waals surface area (Å²) in [7, 11) is 0. The largest absolute Gasteiger partial charge is 0.368 e. The number of amides is 2. The number of rotatable bonds is 2. The number of nitrogens with two attached hydrogens (primary N) is 1. The summed E-state index contributed by atoms with van der Waals surface area (Å²) >= 11 is 0. The summed E-state index contributed by atoms with van der Waals surface area (Å²) in [6.07, 6.45) is 4.65. The minimum absolute atomic E-state index is 0.0312. The Kier molecular flexibility index (Phi) is 3.99. The highest BCUT2D eigenvalue weighted by atomic mass is 16.2. The van der Waals surface area contributed by atoms with Crippen LogP contribution in [0.25, 0.3) is 0 Å². The van der Waals surface area contributed by atoms with E-state index in [2.05, 4.69) is 5.32 Å². The molecule has 2 unspecified atom stereocenters. The van der Waals surface area contributed by atoms with Gasteiger partial charge in [0.2, 0.25) is 11.8 Å². The number of primary amides is 1. The van der Waals surface area contributed by atoms with Crippen molar-refractivity contribution in [1.29, 1.82) is 0 Å². The normalized spacial score (nSPS) is 30.0. The maximum absolute atomic E-state index is 12.3. The molecular formula is C12H21N3O2. The highest BCUT2D eigenvalue weighted by molar-refractivity contribution is 5.88. The molecule has 2 aliphatic heterocycles. The molecule has 0 bridgehead atoms. The van der Waals surface area contributed by atoms with Gasteiger partial charge in [-0.3, -0.25) is 9.59 Å². The molecule has 0 radical (unpaired) electrons. The van der Waals surface area contributed by atoms with Crippen LogP contribution >= 0.6 is 0 Å². The number of piperidine rings is 2. The first-order chi connectivity index (χ1) is 8.20. The van der Waals surface area contributed by atoms with Crippen LogP contribution in [0.3, 0.4) is 0 Å². The summed E-state index contributed by atoms with van der Waals surface area (Å²) in [6, 6.07) is -0.377. The lowest BCUT2D eigenvalue weighted by atomic mass is 9.94. The fourth-order valence-corrected chi connectivity index (χ4v) is 2.79. The third kappa shape index (κ3) is 2.77. The Morgan fingerprint density at radius 2 is 2.00 bits per heavy atom. The molecule has 2 heterocycles. The van der Waals surface area contributed by atoms with E-state index in [9.17, 15) is 9.59 Å². The molecule has 0 saturated carbocycles. The molecule has 2 fully saturated rings. The van der Waals surface area contributed by atoms with E-state index in [0.29, 0.717) is 6.54 Å². The van der Waals surface area contributed by atoms with E-state index in [1.807, 2.05) is 0 Å². The van der Waals surface area contributed by atoms with Crippen LogP contribution in [0.1, 0.15) is 32.1 Å². The summed E-state index contributed by atoms with van der Waals surface area (Å²) in [5, 5.41) is 3.24. The number of carbonyl (C=O) groups is 2. The molecular weight excluding hydrogens is 218 g/mol. The molecule has 0 aromatic rings. The fraction of sp³-hybridized carbons (Fsp3) is 0.833. The predicted molar refractivity (Wildman–Crippen MR) is 64.1 cm³/mol. The van der Waals surface area contributed by atoms with E-state index in [0.717, 1.165) is 45.2 Å². The monoisotopic (exact) mass is 239 g/mol. The van der Waals surface area contributed by atoms with E-state index in [4.69, 9.17) is 5.73 Å². The van der Waals surface area contributed by atoms with Gasteiger partial charge in [0.25, 0.3) is 0 Å². The Bertz CT molecular complexity index is 300. The molecule has 5 heteroatoms. The van der Waals surface area contributed by atoms with E-state index < -0.39 is 0 Å². The van der Waals surface area contributed by atoms with Gasteiger partial charge < -0.3 is 16.0 Å². The van der Waals surface area contributed by atoms with Gasteiger partial charge in [0.15, 0.2) is 0 Å². The first-order valence-corrected chi connectivity index (χ1v) is 6.50. The topological polar surface area (TPSA) is 75.4 Å². The third-order valence-electron chi connectivity index (χ3n) is 3.76. The second-order valence-corrected chi connectivity index (χ2v) is 4.99. The van der Waals surface area contributed by atoms with Crippen molar-refractivity contribution >= 4 is 11.8 Å². The van der Waals surface area contributed by atoms with Crippen molar-refractivity contribution in [2.75, 3.05) is 19.6 Å². The lowest BCUT2D eigenvalue weighted by Gasteiger charge is -2.37. The average molecular weight is 239 g/mol. The highest BCUT2D eigenvalue weighted by Crippen LogP contribution is 2.21. The molecule has 0 aromatic heterocycles. The smallest absolute Gasteiger partial charge is 0.240 e. The van der Waals surface area contributed by atoms with Crippen LogP contribution < -0.4 is 11.1 Å². The molecule has 2 rings (SSSR count). The minimum atomic E-state index is -0.377. The number of likely N-dealkylation sites (tertiary alicyclic amines) is 1. The summed E-state index contributed by atoms with van der Waals surface area (Å²) in [5.41, 5.74) is 5.38. The highest BCUT2D eigenvalue weighted by Gasteiger charge is 2.34. The lowest BCUT2D eigenvalue weighted by Crippen LogP contribution is -2.54. The number of nitrogens with one attached hydrogen (secondary N) is 1. The van der Waals surface area contributed by atoms with Gasteiger partial charge in [-0.2, -0.15) is 0 Å². The number of nitrogens with zero attached hydrogens (tertiary/aromatic N) is 1. The first kappa shape index (κ1) is 12.4. The standard InChI is InChI=1S/C12H21N3O2/c13-11(16)10-5-1-2-7-15(10)12(17)9-4-3-6-14-8-9/h9-10,14H,1-8H2,(H2,13,16). The Morgan fingerprint density at radius 1 is 1.18 bits per heavy atom. The van der Waals surface area contributed by atoms with E-state index in [-0.39, 0.29) is 23.8 Å². The molecule has 2 amide bonds. The van der Waals surface area contributed by atoms with Gasteiger partial charge in [0.05, 0.1) is 5.92 Å². The van der Waals surface area contributed by atoms with Crippen molar-refractivity contribution in [3.8, 4) is 0 Å². The molecule has 2 atom stereocenters. The van der Waals surface area contributed by atoms with Crippen LogP contribution in [0, 0.1) is 5.92 Å². The number of hydrogen-bond acceptors (Lipinski definition) is 3. The van der Waals surface area contributed by atoms with Crippen molar-refractivity contribution in [2.24, 2.45) is 11.7 Å². The first-order valence-electron chi connectivity index (χ1n) is 6.50. The van der Waals surface area contributed by atoms with Crippen LogP contribution in [0.2, 0.25) is 0 Å². The third-order valence-corrected chi connectivity index (χ3v) is 3.76. The van der Waals surface area contributed by atoms with Gasteiger partial charge in [0, 0.05) is 13.1 Å². The number of carbonyl (C=O) groups excluding carboxylic acids is 2. The fourth-order valence-electron chi connectivity index (χ4n) is 2.79. The second-order valence-electron chi connectivity index (χ2n) is 4.99. The average Bonchev–Trinajstić information content (AvgIpc) is 2.39. The molecule has 2 saturated heterocycles. The summed E-state index contributed by atoms with van der Waals surface area (Å²) in [4.78, 5) is 25.4. The molecule has 17 heavy (non-hydrogen) atoms. The van der Waals surface area contributed by atoms with Crippen molar-refractivity contribution in [3.05, 3.63) is 0 Å². The summed E-state index contributed by atoms with van der Waals surface area (Å²) in [6.45, 7) is 2.41. The summed E-state index contributed by atoms with van der Waals surface area (Å²) in [5.74, 6) is -0.216. The van der Waals surface area contributed by atoms with Crippen LogP contribution in [-0.4, -0.2) is 42.4 Å². The maximum atomic E-state index is 12.3. The molecule has 5 nitrogen and oxygen atoms in total. The molecule has 2 aliphatic rings. The molecule has 0 spiro atoms. The van der Waals surface area contributed by atoms with E-state index >= 15 is 0 Å². The molecule has 96 valence electrons. The van der Waals surface area contributed by atoms with Gasteiger partial charge in [-0.05, 0) is 38.6 Å². The van der Waals surface area contributed by atoms with Gasteiger partial charge in [-0.15, -0.1) is 0 Å². The minimum Gasteiger partial charge on any atom is -0.368 e. The van der Waals surface area contributed by atoms with Gasteiger partial charge in [0.1, 0.15) is 6.04 Å². The van der Waals surface area contributed by atoms with Gasteiger partial charge in [-0.25, -0.2) is 0 Å². The quantitative estimate of drug-likeness (QED) is 0.704.